The van der Waals surface area contributed by atoms with E-state index in [-0.39, 0.29) is 5.82 Å². The van der Waals surface area contributed by atoms with Gasteiger partial charge in [0, 0.05) is 39.8 Å². The minimum Gasteiger partial charge on any atom is -0.365 e. The Kier molecular flexibility index (Phi) is 5.38. The second kappa shape index (κ2) is 8.10. The average Bonchev–Trinajstić information content (AvgIpc) is 3.09. The van der Waals surface area contributed by atoms with Crippen LogP contribution in [0, 0.1) is 5.82 Å². The van der Waals surface area contributed by atoms with Crippen molar-refractivity contribution in [1.82, 2.24) is 24.6 Å². The summed E-state index contributed by atoms with van der Waals surface area (Å²) >= 11 is 0. The minimum absolute atomic E-state index is 0.232. The molecule has 28 heavy (non-hydrogen) atoms. The second-order valence-corrected chi connectivity index (χ2v) is 7.19. The molecule has 3 aromatic rings. The van der Waals surface area contributed by atoms with E-state index >= 15 is 0 Å². The van der Waals surface area contributed by atoms with Crippen LogP contribution in [0.2, 0.25) is 0 Å². The Hall–Kier alpha value is -2.74. The lowest BCUT2D eigenvalue weighted by atomic mass is 10.2. The molecule has 7 nitrogen and oxygen atoms in total. The van der Waals surface area contributed by atoms with Crippen LogP contribution in [-0.2, 0) is 13.6 Å². The van der Waals surface area contributed by atoms with Crippen LogP contribution < -0.4 is 10.2 Å². The fourth-order valence-electron chi connectivity index (χ4n) is 3.56. The van der Waals surface area contributed by atoms with Gasteiger partial charge in [-0.2, -0.15) is 15.1 Å². The van der Waals surface area contributed by atoms with E-state index in [1.807, 2.05) is 7.05 Å². The molecule has 0 bridgehead atoms. The molecule has 1 N–H and O–H groups in total. The van der Waals surface area contributed by atoms with Crippen LogP contribution in [0.25, 0.3) is 11.0 Å². The summed E-state index contributed by atoms with van der Waals surface area (Å²) in [7, 11) is 1.89. The Bertz CT molecular complexity index is 930. The Labute approximate surface area is 164 Å². The molecule has 1 aliphatic heterocycles. The van der Waals surface area contributed by atoms with Crippen LogP contribution in [0.4, 0.5) is 16.2 Å². The molecule has 8 heteroatoms. The zero-order valence-electron chi connectivity index (χ0n) is 16.4. The van der Waals surface area contributed by atoms with Gasteiger partial charge < -0.3 is 10.2 Å². The first-order valence-corrected chi connectivity index (χ1v) is 9.79. The number of benzene rings is 1. The molecule has 0 saturated carbocycles. The summed E-state index contributed by atoms with van der Waals surface area (Å²) in [5.41, 5.74) is 1.80. The predicted molar refractivity (Wildman–Crippen MR) is 109 cm³/mol. The van der Waals surface area contributed by atoms with Crippen LogP contribution in [0.15, 0.2) is 30.5 Å². The van der Waals surface area contributed by atoms with E-state index in [1.54, 1.807) is 23.0 Å². The number of hydrogen-bond donors (Lipinski definition) is 1. The first-order chi connectivity index (χ1) is 13.6. The van der Waals surface area contributed by atoms with Crippen molar-refractivity contribution in [3.8, 4) is 0 Å². The number of aromatic nitrogens is 4. The molecule has 0 amide bonds. The summed E-state index contributed by atoms with van der Waals surface area (Å²) in [5, 5.41) is 8.61. The smallest absolute Gasteiger partial charge is 0.229 e. The lowest BCUT2D eigenvalue weighted by Crippen LogP contribution is -2.47. The highest BCUT2D eigenvalue weighted by atomic mass is 19.1. The van der Waals surface area contributed by atoms with Gasteiger partial charge >= 0.3 is 0 Å². The summed E-state index contributed by atoms with van der Waals surface area (Å²) in [5.74, 6) is 1.26. The number of rotatable bonds is 6. The van der Waals surface area contributed by atoms with Crippen LogP contribution >= 0.6 is 0 Å². The van der Waals surface area contributed by atoms with Crippen molar-refractivity contribution in [2.45, 2.75) is 19.9 Å². The van der Waals surface area contributed by atoms with Crippen LogP contribution in [0.3, 0.4) is 0 Å². The molecule has 3 heterocycles. The quantitative estimate of drug-likeness (QED) is 0.706. The third-order valence-electron chi connectivity index (χ3n) is 5.15. The number of piperazine rings is 1. The van der Waals surface area contributed by atoms with E-state index in [1.165, 1.54) is 18.6 Å². The summed E-state index contributed by atoms with van der Waals surface area (Å²) in [6, 6.07) is 6.49. The fraction of sp³-hybridized carbons (Fsp3) is 0.450. The Morgan fingerprint density at radius 1 is 1.07 bits per heavy atom. The Morgan fingerprint density at radius 2 is 1.82 bits per heavy atom. The van der Waals surface area contributed by atoms with Crippen molar-refractivity contribution in [2.75, 3.05) is 42.9 Å². The Morgan fingerprint density at radius 3 is 2.54 bits per heavy atom. The van der Waals surface area contributed by atoms with Gasteiger partial charge in [0.05, 0.1) is 11.6 Å². The van der Waals surface area contributed by atoms with Gasteiger partial charge in [-0.1, -0.05) is 19.1 Å². The highest BCUT2D eigenvalue weighted by molar-refractivity contribution is 5.87. The maximum absolute atomic E-state index is 13.1. The first-order valence-electron chi connectivity index (χ1n) is 9.79. The average molecular weight is 383 g/mol. The third-order valence-corrected chi connectivity index (χ3v) is 5.15. The van der Waals surface area contributed by atoms with E-state index in [0.29, 0.717) is 6.54 Å². The maximum atomic E-state index is 13.1. The largest absolute Gasteiger partial charge is 0.365 e. The summed E-state index contributed by atoms with van der Waals surface area (Å²) < 4.78 is 14.9. The monoisotopic (exact) mass is 383 g/mol. The number of nitrogens with one attached hydrogen (secondary N) is 1. The number of hydrogen-bond acceptors (Lipinski definition) is 6. The zero-order valence-corrected chi connectivity index (χ0v) is 16.4. The maximum Gasteiger partial charge on any atom is 0.229 e. The number of halogens is 1. The summed E-state index contributed by atoms with van der Waals surface area (Å²) in [6.07, 6.45) is 2.96. The molecule has 0 unspecified atom stereocenters. The second-order valence-electron chi connectivity index (χ2n) is 7.19. The van der Waals surface area contributed by atoms with E-state index in [4.69, 9.17) is 9.97 Å². The lowest BCUT2D eigenvalue weighted by molar-refractivity contribution is 0.257. The van der Waals surface area contributed by atoms with Gasteiger partial charge in [-0.15, -0.1) is 0 Å². The van der Waals surface area contributed by atoms with Crippen molar-refractivity contribution >= 4 is 22.8 Å². The van der Waals surface area contributed by atoms with Crippen molar-refractivity contribution in [2.24, 2.45) is 7.05 Å². The van der Waals surface area contributed by atoms with Gasteiger partial charge in [0.2, 0.25) is 5.95 Å². The van der Waals surface area contributed by atoms with Crippen LogP contribution in [0.1, 0.15) is 18.9 Å². The normalized spacial score (nSPS) is 15.3. The highest BCUT2D eigenvalue weighted by Crippen LogP contribution is 2.24. The molecular formula is C20H26FN7. The predicted octanol–water partition coefficient (Wildman–Crippen LogP) is 2.65. The van der Waals surface area contributed by atoms with E-state index in [0.717, 1.165) is 61.1 Å². The minimum atomic E-state index is -0.232. The van der Waals surface area contributed by atoms with Gasteiger partial charge in [-0.25, -0.2) is 4.39 Å². The van der Waals surface area contributed by atoms with Crippen molar-refractivity contribution < 1.29 is 4.39 Å². The van der Waals surface area contributed by atoms with Gasteiger partial charge in [0.1, 0.15) is 11.6 Å². The topological polar surface area (TPSA) is 62.1 Å². The molecule has 2 aromatic heterocycles. The number of aryl methyl sites for hydroxylation is 1. The van der Waals surface area contributed by atoms with Crippen molar-refractivity contribution in [3.05, 3.63) is 41.8 Å². The number of anilines is 2. The summed E-state index contributed by atoms with van der Waals surface area (Å²) in [4.78, 5) is 14.3. The molecular weight excluding hydrogens is 357 g/mol. The van der Waals surface area contributed by atoms with E-state index in [2.05, 4.69) is 27.1 Å². The molecule has 1 aliphatic rings. The molecule has 0 aliphatic carbocycles. The molecule has 4 rings (SSSR count). The zero-order chi connectivity index (χ0) is 19.5. The standard InChI is InChI=1S/C20H26FN7/c1-3-8-27-9-11-28(12-10-27)20-24-18(17-14-23-26(2)19(17)25-20)22-13-15-4-6-16(21)7-5-15/h4-7,14H,3,8-13H2,1-2H3,(H,22,24,25). The molecule has 1 fully saturated rings. The third kappa shape index (κ3) is 3.91. The SMILES string of the molecule is CCCN1CCN(c2nc(NCc3ccc(F)cc3)c3cnn(C)c3n2)CC1. The van der Waals surface area contributed by atoms with Gasteiger partial charge in [-0.05, 0) is 30.7 Å². The summed E-state index contributed by atoms with van der Waals surface area (Å²) in [6.45, 7) is 7.80. The first kappa shape index (κ1) is 18.6. The van der Waals surface area contributed by atoms with Gasteiger partial charge in [0.15, 0.2) is 5.65 Å². The molecule has 0 spiro atoms. The molecule has 1 saturated heterocycles. The van der Waals surface area contributed by atoms with Crippen molar-refractivity contribution in [1.29, 1.82) is 0 Å². The molecule has 148 valence electrons. The number of nitrogens with zero attached hydrogens (tertiary/aromatic N) is 6. The van der Waals surface area contributed by atoms with Gasteiger partial charge in [-0.3, -0.25) is 9.58 Å². The fourth-order valence-corrected chi connectivity index (χ4v) is 3.56. The lowest BCUT2D eigenvalue weighted by Gasteiger charge is -2.34. The van der Waals surface area contributed by atoms with E-state index in [9.17, 15) is 4.39 Å². The molecule has 0 radical (unpaired) electrons. The molecule has 0 atom stereocenters. The van der Waals surface area contributed by atoms with Gasteiger partial charge in [0.25, 0.3) is 0 Å². The van der Waals surface area contributed by atoms with Crippen LogP contribution in [0.5, 0.6) is 0 Å². The number of fused-ring (bicyclic) bond motifs is 1. The van der Waals surface area contributed by atoms with Crippen LogP contribution in [-0.4, -0.2) is 57.4 Å². The highest BCUT2D eigenvalue weighted by Gasteiger charge is 2.21. The van der Waals surface area contributed by atoms with E-state index < -0.39 is 0 Å². The molecule has 1 aromatic carbocycles. The Balaban J connectivity index is 1.56. The van der Waals surface area contributed by atoms with Crippen molar-refractivity contribution in [3.63, 3.8) is 0 Å².